The quantitative estimate of drug-likeness (QED) is 0.291. The van der Waals surface area contributed by atoms with Crippen LogP contribution in [-0.4, -0.2) is 12.4 Å². The van der Waals surface area contributed by atoms with Gasteiger partial charge in [-0.2, -0.15) is 0 Å². The van der Waals surface area contributed by atoms with Crippen LogP contribution in [0.1, 0.15) is 10.4 Å². The minimum absolute atomic E-state index is 0.0910. The zero-order chi connectivity index (χ0) is 20.5. The van der Waals surface area contributed by atoms with Gasteiger partial charge in [0.05, 0.1) is 0 Å². The van der Waals surface area contributed by atoms with Gasteiger partial charge in [0.15, 0.2) is 12.4 Å². The Morgan fingerprint density at radius 1 is 0.800 bits per heavy atom. The maximum Gasteiger partial charge on any atom is 0.336 e. The summed E-state index contributed by atoms with van der Waals surface area (Å²) in [7, 11) is 0. The molecule has 2 aromatic heterocycles. The van der Waals surface area contributed by atoms with Gasteiger partial charge in [-0.1, -0.05) is 48.5 Å². The number of rotatable bonds is 5. The fourth-order valence-corrected chi connectivity index (χ4v) is 3.41. The van der Waals surface area contributed by atoms with E-state index in [1.165, 1.54) is 6.07 Å². The molecule has 5 aromatic rings. The number of benzene rings is 3. The number of hydrogen-bond acceptors (Lipinski definition) is 5. The van der Waals surface area contributed by atoms with Crippen molar-refractivity contribution < 1.29 is 18.4 Å². The Kier molecular flexibility index (Phi) is 4.41. The lowest BCUT2D eigenvalue weighted by molar-refractivity contribution is 0.0921. The molecule has 0 fully saturated rings. The van der Waals surface area contributed by atoms with Gasteiger partial charge in [0.25, 0.3) is 0 Å². The number of Topliss-reactive ketones (excluding diaryl/α,β-unsaturated/α-hetero) is 1. The van der Waals surface area contributed by atoms with Gasteiger partial charge >= 0.3 is 5.63 Å². The molecule has 3 aromatic carbocycles. The van der Waals surface area contributed by atoms with Crippen molar-refractivity contribution in [3.63, 3.8) is 0 Å². The van der Waals surface area contributed by atoms with Gasteiger partial charge in [-0.3, -0.25) is 4.79 Å². The van der Waals surface area contributed by atoms with Crippen LogP contribution in [0.4, 0.5) is 0 Å². The highest BCUT2D eigenvalue weighted by Crippen LogP contribution is 2.33. The predicted octanol–water partition coefficient (Wildman–Crippen LogP) is 5.47. The van der Waals surface area contributed by atoms with Crippen molar-refractivity contribution in [2.45, 2.75) is 0 Å². The first-order valence-electron chi connectivity index (χ1n) is 9.45. The average Bonchev–Trinajstić information content (AvgIpc) is 3.21. The van der Waals surface area contributed by atoms with E-state index in [2.05, 4.69) is 0 Å². The fraction of sp³-hybridized carbons (Fsp3) is 0.0400. The van der Waals surface area contributed by atoms with Gasteiger partial charge in [-0.05, 0) is 30.3 Å². The van der Waals surface area contributed by atoms with E-state index >= 15 is 0 Å². The predicted molar refractivity (Wildman–Crippen MR) is 114 cm³/mol. The molecule has 0 aliphatic carbocycles. The molecule has 0 radical (unpaired) electrons. The molecule has 0 saturated carbocycles. The number of carbonyl (C=O) groups is 1. The lowest BCUT2D eigenvalue weighted by Gasteiger charge is -2.08. The highest BCUT2D eigenvalue weighted by atomic mass is 16.5. The van der Waals surface area contributed by atoms with E-state index in [0.29, 0.717) is 33.6 Å². The van der Waals surface area contributed by atoms with Crippen molar-refractivity contribution >= 4 is 27.7 Å². The molecule has 0 aliphatic rings. The van der Waals surface area contributed by atoms with E-state index in [0.717, 1.165) is 11.0 Å². The fourth-order valence-electron chi connectivity index (χ4n) is 3.41. The first-order valence-corrected chi connectivity index (χ1v) is 9.45. The van der Waals surface area contributed by atoms with E-state index in [1.807, 2.05) is 48.5 Å². The second kappa shape index (κ2) is 7.37. The summed E-state index contributed by atoms with van der Waals surface area (Å²) in [6.07, 6.45) is 0. The van der Waals surface area contributed by atoms with Gasteiger partial charge in [0.2, 0.25) is 0 Å². The van der Waals surface area contributed by atoms with E-state index in [9.17, 15) is 9.59 Å². The Morgan fingerprint density at radius 2 is 1.60 bits per heavy atom. The molecule has 30 heavy (non-hydrogen) atoms. The Hall–Kier alpha value is -4.12. The molecule has 0 N–H and O–H groups in total. The molecule has 0 amide bonds. The maximum absolute atomic E-state index is 12.3. The Balaban J connectivity index is 1.52. The van der Waals surface area contributed by atoms with E-state index < -0.39 is 5.63 Å². The summed E-state index contributed by atoms with van der Waals surface area (Å²) in [6.45, 7) is -0.0910. The highest BCUT2D eigenvalue weighted by molar-refractivity contribution is 5.97. The number of ketones is 1. The van der Waals surface area contributed by atoms with E-state index in [-0.39, 0.29) is 12.4 Å². The van der Waals surface area contributed by atoms with Crippen molar-refractivity contribution in [2.24, 2.45) is 0 Å². The molecule has 5 heteroatoms. The Labute approximate surface area is 171 Å². The number of fused-ring (bicyclic) bond motifs is 2. The summed E-state index contributed by atoms with van der Waals surface area (Å²) in [6, 6.07) is 25.0. The molecule has 5 nitrogen and oxygen atoms in total. The lowest BCUT2D eigenvalue weighted by Crippen LogP contribution is -2.11. The molecule has 0 bridgehead atoms. The third-order valence-corrected chi connectivity index (χ3v) is 4.87. The molecule has 0 spiro atoms. The summed E-state index contributed by atoms with van der Waals surface area (Å²) < 4.78 is 17.0. The van der Waals surface area contributed by atoms with Crippen LogP contribution >= 0.6 is 0 Å². The normalized spacial score (nSPS) is 11.1. The molecule has 2 heterocycles. The third kappa shape index (κ3) is 3.37. The van der Waals surface area contributed by atoms with Crippen molar-refractivity contribution in [3.8, 4) is 17.1 Å². The lowest BCUT2D eigenvalue weighted by atomic mass is 10.1. The van der Waals surface area contributed by atoms with E-state index in [4.69, 9.17) is 13.6 Å². The van der Waals surface area contributed by atoms with Gasteiger partial charge < -0.3 is 13.6 Å². The molecule has 0 aliphatic heterocycles. The number of hydrogen-bond donors (Lipinski definition) is 0. The van der Waals surface area contributed by atoms with Gasteiger partial charge in [-0.25, -0.2) is 4.79 Å². The standard InChI is InChI=1S/C25H16O5/c26-21(16-6-2-1-3-7-16)15-28-18-10-11-23-19(13-18)20(14-25(27)30-23)24-12-17-8-4-5-9-22(17)29-24/h1-14H,15H2. The zero-order valence-electron chi connectivity index (χ0n) is 15.8. The molecular weight excluding hydrogens is 380 g/mol. The topological polar surface area (TPSA) is 69.7 Å². The van der Waals surface area contributed by atoms with Crippen molar-refractivity contribution in [1.82, 2.24) is 0 Å². The first kappa shape index (κ1) is 17.9. The molecule has 5 rings (SSSR count). The number of para-hydroxylation sites is 1. The van der Waals surface area contributed by atoms with Gasteiger partial charge in [0, 0.05) is 28.0 Å². The number of carbonyl (C=O) groups excluding carboxylic acids is 1. The smallest absolute Gasteiger partial charge is 0.336 e. The molecular formula is C25H16O5. The first-order chi connectivity index (χ1) is 14.7. The summed E-state index contributed by atoms with van der Waals surface area (Å²) in [5.74, 6) is 0.942. The SMILES string of the molecule is O=C(COc1ccc2oc(=O)cc(-c3cc4ccccc4o3)c2c1)c1ccccc1. The summed E-state index contributed by atoms with van der Waals surface area (Å²) in [4.78, 5) is 24.4. The van der Waals surface area contributed by atoms with Crippen LogP contribution in [0.2, 0.25) is 0 Å². The zero-order valence-corrected chi connectivity index (χ0v) is 15.8. The van der Waals surface area contributed by atoms with Crippen LogP contribution in [0.5, 0.6) is 5.75 Å². The van der Waals surface area contributed by atoms with E-state index in [1.54, 1.807) is 30.3 Å². The highest BCUT2D eigenvalue weighted by Gasteiger charge is 2.14. The van der Waals surface area contributed by atoms with Crippen molar-refractivity contribution in [3.05, 3.63) is 101 Å². The van der Waals surface area contributed by atoms with Crippen molar-refractivity contribution in [2.75, 3.05) is 6.61 Å². The average molecular weight is 396 g/mol. The monoisotopic (exact) mass is 396 g/mol. The Bertz CT molecular complexity index is 1390. The largest absolute Gasteiger partial charge is 0.485 e. The molecule has 0 saturated heterocycles. The second-order valence-corrected chi connectivity index (χ2v) is 6.86. The van der Waals surface area contributed by atoms with Crippen LogP contribution in [0.15, 0.2) is 98.6 Å². The van der Waals surface area contributed by atoms with Crippen LogP contribution in [0, 0.1) is 0 Å². The minimum Gasteiger partial charge on any atom is -0.485 e. The summed E-state index contributed by atoms with van der Waals surface area (Å²) >= 11 is 0. The maximum atomic E-state index is 12.3. The third-order valence-electron chi connectivity index (χ3n) is 4.87. The second-order valence-electron chi connectivity index (χ2n) is 6.86. The molecule has 0 unspecified atom stereocenters. The van der Waals surface area contributed by atoms with Gasteiger partial charge in [0.1, 0.15) is 22.7 Å². The van der Waals surface area contributed by atoms with Crippen molar-refractivity contribution in [1.29, 1.82) is 0 Å². The molecule has 0 atom stereocenters. The number of ether oxygens (including phenoxy) is 1. The van der Waals surface area contributed by atoms with Crippen LogP contribution in [0.25, 0.3) is 33.3 Å². The minimum atomic E-state index is -0.467. The van der Waals surface area contributed by atoms with Crippen LogP contribution in [-0.2, 0) is 0 Å². The van der Waals surface area contributed by atoms with Gasteiger partial charge in [-0.15, -0.1) is 0 Å². The molecule has 146 valence electrons. The van der Waals surface area contributed by atoms with Crippen LogP contribution in [0.3, 0.4) is 0 Å². The summed E-state index contributed by atoms with van der Waals surface area (Å²) in [5, 5.41) is 1.60. The summed E-state index contributed by atoms with van der Waals surface area (Å²) in [5.41, 5.74) is 1.88. The van der Waals surface area contributed by atoms with Crippen LogP contribution < -0.4 is 10.4 Å². The number of furan rings is 1. The Morgan fingerprint density at radius 3 is 2.43 bits per heavy atom.